The molecule has 7 atom stereocenters. The number of nitrogens with one attached hydrogen (secondary N) is 1. The van der Waals surface area contributed by atoms with E-state index in [2.05, 4.69) is 43.5 Å². The van der Waals surface area contributed by atoms with Crippen LogP contribution in [0.1, 0.15) is 168 Å². The number of ether oxygens (including phenoxy) is 2. The van der Waals surface area contributed by atoms with Crippen LogP contribution in [0.15, 0.2) is 36.5 Å². The topological polar surface area (TPSA) is 149 Å². The Balaban J connectivity index is 2.38. The Morgan fingerprint density at radius 1 is 0.667 bits per heavy atom. The third-order valence-electron chi connectivity index (χ3n) is 9.71. The highest BCUT2D eigenvalue weighted by Gasteiger charge is 2.44. The molecule has 1 amide bonds. The van der Waals surface area contributed by atoms with Crippen molar-refractivity contribution < 1.29 is 39.8 Å². The molecule has 1 heterocycles. The minimum Gasteiger partial charge on any atom is -0.394 e. The van der Waals surface area contributed by atoms with E-state index in [9.17, 15) is 30.3 Å². The molecule has 0 saturated carbocycles. The number of aliphatic hydroxyl groups is 5. The first kappa shape index (κ1) is 47.4. The molecule has 0 bridgehead atoms. The summed E-state index contributed by atoms with van der Waals surface area (Å²) in [4.78, 5) is 12.9. The second kappa shape index (κ2) is 33.0. The van der Waals surface area contributed by atoms with Crippen LogP contribution in [0.5, 0.6) is 0 Å². The standard InChI is InChI=1S/C42H77NO8/c1-3-5-7-9-11-13-15-16-17-18-19-20-21-22-24-26-28-30-32-38(46)43-35(34-50-42-41(49)40(48)39(47)37(33-44)51-42)36(45)31-29-27-25-23-14-12-10-8-6-4-2/h13,15,17-18,29,31,35-37,39-42,44-45,47-49H,3-12,14,16,19-28,30,32-34H2,1-2H3,(H,43,46)/b15-13-,18-17-,31-29+. The van der Waals surface area contributed by atoms with Gasteiger partial charge in [0.05, 0.1) is 25.4 Å². The van der Waals surface area contributed by atoms with Gasteiger partial charge in [0, 0.05) is 6.42 Å². The summed E-state index contributed by atoms with van der Waals surface area (Å²) < 4.78 is 11.2. The van der Waals surface area contributed by atoms with Gasteiger partial charge in [0.2, 0.25) is 5.91 Å². The molecular formula is C42H77NO8. The van der Waals surface area contributed by atoms with Gasteiger partial charge in [0.1, 0.15) is 24.4 Å². The fraction of sp³-hybridized carbons (Fsp3) is 0.833. The van der Waals surface area contributed by atoms with E-state index in [1.165, 1.54) is 89.9 Å². The van der Waals surface area contributed by atoms with Crippen LogP contribution in [0, 0.1) is 0 Å². The normalized spacial score (nSPS) is 22.4. The molecule has 51 heavy (non-hydrogen) atoms. The van der Waals surface area contributed by atoms with Crippen LogP contribution in [-0.4, -0.2) is 87.5 Å². The summed E-state index contributed by atoms with van der Waals surface area (Å²) >= 11 is 0. The maximum Gasteiger partial charge on any atom is 0.220 e. The highest BCUT2D eigenvalue weighted by atomic mass is 16.7. The van der Waals surface area contributed by atoms with Crippen molar-refractivity contribution in [1.82, 2.24) is 5.32 Å². The summed E-state index contributed by atoms with van der Waals surface area (Å²) in [5, 5.41) is 53.9. The van der Waals surface area contributed by atoms with Crippen LogP contribution >= 0.6 is 0 Å². The lowest BCUT2D eigenvalue weighted by atomic mass is 9.99. The van der Waals surface area contributed by atoms with Crippen molar-refractivity contribution in [2.24, 2.45) is 0 Å². The van der Waals surface area contributed by atoms with E-state index in [0.29, 0.717) is 6.42 Å². The number of amides is 1. The van der Waals surface area contributed by atoms with E-state index >= 15 is 0 Å². The van der Waals surface area contributed by atoms with Crippen LogP contribution in [0.3, 0.4) is 0 Å². The minimum atomic E-state index is -1.57. The van der Waals surface area contributed by atoms with Gasteiger partial charge in [-0.3, -0.25) is 4.79 Å². The summed E-state index contributed by atoms with van der Waals surface area (Å²) in [5.41, 5.74) is 0. The van der Waals surface area contributed by atoms with Gasteiger partial charge in [0.15, 0.2) is 6.29 Å². The number of carbonyl (C=O) groups excluding carboxylic acids is 1. The molecule has 0 spiro atoms. The van der Waals surface area contributed by atoms with E-state index in [0.717, 1.165) is 57.8 Å². The maximum atomic E-state index is 12.9. The summed E-state index contributed by atoms with van der Waals surface area (Å²) in [6.07, 6.45) is 31.8. The molecular weight excluding hydrogens is 646 g/mol. The Labute approximate surface area is 311 Å². The third-order valence-corrected chi connectivity index (χ3v) is 9.71. The molecule has 0 aliphatic carbocycles. The number of allylic oxidation sites excluding steroid dienone is 5. The third kappa shape index (κ3) is 24.4. The van der Waals surface area contributed by atoms with Gasteiger partial charge < -0.3 is 40.3 Å². The molecule has 298 valence electrons. The van der Waals surface area contributed by atoms with Gasteiger partial charge in [-0.05, 0) is 51.4 Å². The zero-order valence-corrected chi connectivity index (χ0v) is 32.4. The molecule has 9 nitrogen and oxygen atoms in total. The Morgan fingerprint density at radius 3 is 1.71 bits per heavy atom. The Kier molecular flexibility index (Phi) is 30.7. The van der Waals surface area contributed by atoms with Gasteiger partial charge in [-0.15, -0.1) is 0 Å². The first-order valence-electron chi connectivity index (χ1n) is 20.7. The molecule has 0 radical (unpaired) electrons. The molecule has 1 rings (SSSR count). The summed E-state index contributed by atoms with van der Waals surface area (Å²) in [7, 11) is 0. The zero-order valence-electron chi connectivity index (χ0n) is 32.4. The Hall–Kier alpha value is -1.59. The lowest BCUT2D eigenvalue weighted by Gasteiger charge is -2.40. The lowest BCUT2D eigenvalue weighted by Crippen LogP contribution is -2.60. The second-order valence-corrected chi connectivity index (χ2v) is 14.4. The van der Waals surface area contributed by atoms with Crippen LogP contribution in [0.4, 0.5) is 0 Å². The molecule has 7 unspecified atom stereocenters. The number of unbranched alkanes of at least 4 members (excludes halogenated alkanes) is 19. The SMILES string of the molecule is CCCCCC/C=C\C/C=C\CCCCCCCCCC(=O)NC(COC1OC(CO)C(O)C(O)C1O)C(O)/C=C/CCCCCCCCCC. The first-order valence-corrected chi connectivity index (χ1v) is 20.7. The van der Waals surface area contributed by atoms with Gasteiger partial charge in [-0.2, -0.15) is 0 Å². The molecule has 9 heteroatoms. The lowest BCUT2D eigenvalue weighted by molar-refractivity contribution is -0.302. The van der Waals surface area contributed by atoms with Crippen molar-refractivity contribution in [3.63, 3.8) is 0 Å². The fourth-order valence-electron chi connectivity index (χ4n) is 6.30. The van der Waals surface area contributed by atoms with Gasteiger partial charge in [-0.25, -0.2) is 0 Å². The maximum absolute atomic E-state index is 12.9. The predicted octanol–water partition coefficient (Wildman–Crippen LogP) is 7.72. The van der Waals surface area contributed by atoms with Crippen molar-refractivity contribution in [1.29, 1.82) is 0 Å². The average Bonchev–Trinajstić information content (AvgIpc) is 3.13. The molecule has 6 N–H and O–H groups in total. The smallest absolute Gasteiger partial charge is 0.220 e. The van der Waals surface area contributed by atoms with E-state index in [4.69, 9.17) is 9.47 Å². The van der Waals surface area contributed by atoms with E-state index in [-0.39, 0.29) is 12.5 Å². The highest BCUT2D eigenvalue weighted by Crippen LogP contribution is 2.22. The van der Waals surface area contributed by atoms with Crippen LogP contribution in [0.25, 0.3) is 0 Å². The van der Waals surface area contributed by atoms with Crippen LogP contribution < -0.4 is 5.32 Å². The average molecular weight is 724 g/mol. The predicted molar refractivity (Wildman–Crippen MR) is 207 cm³/mol. The molecule has 0 aromatic rings. The fourth-order valence-corrected chi connectivity index (χ4v) is 6.30. The molecule has 1 aliphatic rings. The monoisotopic (exact) mass is 724 g/mol. The van der Waals surface area contributed by atoms with E-state index in [1.807, 2.05) is 6.08 Å². The zero-order chi connectivity index (χ0) is 37.4. The van der Waals surface area contributed by atoms with Crippen molar-refractivity contribution in [3.05, 3.63) is 36.5 Å². The van der Waals surface area contributed by atoms with Gasteiger partial charge in [0.25, 0.3) is 0 Å². The van der Waals surface area contributed by atoms with Crippen molar-refractivity contribution in [2.45, 2.75) is 211 Å². The molecule has 1 aliphatic heterocycles. The van der Waals surface area contributed by atoms with Crippen LogP contribution in [-0.2, 0) is 14.3 Å². The van der Waals surface area contributed by atoms with Crippen molar-refractivity contribution in [3.8, 4) is 0 Å². The molecule has 0 aromatic carbocycles. The van der Waals surface area contributed by atoms with Crippen LogP contribution in [0.2, 0.25) is 0 Å². The number of hydrogen-bond donors (Lipinski definition) is 6. The molecule has 1 saturated heterocycles. The highest BCUT2D eigenvalue weighted by molar-refractivity contribution is 5.76. The quantitative estimate of drug-likeness (QED) is 0.0298. The summed E-state index contributed by atoms with van der Waals surface area (Å²) in [6, 6.07) is -0.805. The minimum absolute atomic E-state index is 0.189. The van der Waals surface area contributed by atoms with Gasteiger partial charge in [-0.1, -0.05) is 147 Å². The number of carbonyl (C=O) groups is 1. The van der Waals surface area contributed by atoms with Crippen molar-refractivity contribution in [2.75, 3.05) is 13.2 Å². The van der Waals surface area contributed by atoms with E-state index < -0.39 is 49.5 Å². The summed E-state index contributed by atoms with van der Waals surface area (Å²) in [5.74, 6) is -0.189. The number of aliphatic hydroxyl groups excluding tert-OH is 5. The second-order valence-electron chi connectivity index (χ2n) is 14.4. The largest absolute Gasteiger partial charge is 0.394 e. The van der Waals surface area contributed by atoms with Gasteiger partial charge >= 0.3 is 0 Å². The molecule has 0 aromatic heterocycles. The van der Waals surface area contributed by atoms with E-state index in [1.54, 1.807) is 6.08 Å². The molecule has 1 fully saturated rings. The number of hydrogen-bond acceptors (Lipinski definition) is 8. The number of rotatable bonds is 33. The van der Waals surface area contributed by atoms with Crippen molar-refractivity contribution >= 4 is 5.91 Å². The summed E-state index contributed by atoms with van der Waals surface area (Å²) in [6.45, 7) is 3.71. The Bertz CT molecular complexity index is 894. The Morgan fingerprint density at radius 2 is 1.16 bits per heavy atom. The first-order chi connectivity index (χ1) is 24.8.